The van der Waals surface area contributed by atoms with Crippen molar-refractivity contribution in [2.75, 3.05) is 33.4 Å². The Morgan fingerprint density at radius 3 is 2.87 bits per heavy atom. The Morgan fingerprint density at radius 1 is 1.19 bits per heavy atom. The van der Waals surface area contributed by atoms with Crippen molar-refractivity contribution in [3.8, 4) is 11.5 Å². The van der Waals surface area contributed by atoms with Gasteiger partial charge in [0.25, 0.3) is 0 Å². The van der Waals surface area contributed by atoms with E-state index in [1.165, 1.54) is 27.6 Å². The van der Waals surface area contributed by atoms with Gasteiger partial charge >= 0.3 is 0 Å². The van der Waals surface area contributed by atoms with Crippen LogP contribution in [0, 0.1) is 5.92 Å². The molecule has 2 aliphatic rings. The zero-order valence-corrected chi connectivity index (χ0v) is 18.3. The zero-order chi connectivity index (χ0) is 21.2. The third-order valence-corrected chi connectivity index (χ3v) is 7.10. The van der Waals surface area contributed by atoms with Crippen LogP contribution < -0.4 is 4.74 Å². The highest BCUT2D eigenvalue weighted by molar-refractivity contribution is 5.83. The van der Waals surface area contributed by atoms with E-state index in [0.717, 1.165) is 58.4 Å². The summed E-state index contributed by atoms with van der Waals surface area (Å²) < 4.78 is 11.0. The van der Waals surface area contributed by atoms with E-state index in [1.54, 1.807) is 7.11 Å². The van der Waals surface area contributed by atoms with Crippen molar-refractivity contribution >= 4 is 10.9 Å². The number of hydrogen-bond acceptors (Lipinski definition) is 4. The van der Waals surface area contributed by atoms with E-state index in [0.29, 0.717) is 17.7 Å². The maximum atomic E-state index is 10.3. The molecule has 164 valence electrons. The van der Waals surface area contributed by atoms with Gasteiger partial charge in [-0.25, -0.2) is 0 Å². The molecule has 1 unspecified atom stereocenters. The Kier molecular flexibility index (Phi) is 5.88. The summed E-state index contributed by atoms with van der Waals surface area (Å²) in [7, 11) is 1.63. The minimum atomic E-state index is 0.245. The monoisotopic (exact) mass is 420 g/mol. The number of aromatic amines is 1. The van der Waals surface area contributed by atoms with Crippen molar-refractivity contribution in [2.24, 2.45) is 5.92 Å². The average Bonchev–Trinajstić information content (AvgIpc) is 3.22. The lowest BCUT2D eigenvalue weighted by Crippen LogP contribution is -2.40. The second-order valence-corrected chi connectivity index (χ2v) is 8.94. The number of rotatable bonds is 6. The smallest absolute Gasteiger partial charge is 0.160 e. The summed E-state index contributed by atoms with van der Waals surface area (Å²) >= 11 is 0. The first-order valence-corrected chi connectivity index (χ1v) is 11.5. The fourth-order valence-electron chi connectivity index (χ4n) is 5.38. The summed E-state index contributed by atoms with van der Waals surface area (Å²) in [5.74, 6) is 1.52. The Bertz CT molecular complexity index is 1040. The molecular weight excluding hydrogens is 388 g/mol. The van der Waals surface area contributed by atoms with E-state index in [4.69, 9.17) is 9.47 Å². The zero-order valence-electron chi connectivity index (χ0n) is 18.3. The van der Waals surface area contributed by atoms with E-state index in [2.05, 4.69) is 46.4 Å². The molecule has 2 aromatic carbocycles. The lowest BCUT2D eigenvalue weighted by atomic mass is 9.87. The summed E-state index contributed by atoms with van der Waals surface area (Å²) in [6.45, 7) is 3.92. The van der Waals surface area contributed by atoms with E-state index < -0.39 is 0 Å². The van der Waals surface area contributed by atoms with Crippen LogP contribution in [-0.4, -0.2) is 48.4 Å². The largest absolute Gasteiger partial charge is 0.504 e. The molecule has 1 atom stereocenters. The molecule has 5 heteroatoms. The quantitative estimate of drug-likeness (QED) is 0.599. The van der Waals surface area contributed by atoms with E-state index in [9.17, 15) is 5.11 Å². The number of phenolic OH excluding ortho intramolecular Hbond substituents is 1. The first-order chi connectivity index (χ1) is 15.2. The molecule has 0 saturated carbocycles. The van der Waals surface area contributed by atoms with Crippen molar-refractivity contribution in [3.63, 3.8) is 0 Å². The fraction of sp³-hybridized carbons (Fsp3) is 0.462. The summed E-state index contributed by atoms with van der Waals surface area (Å²) in [6, 6.07) is 12.8. The van der Waals surface area contributed by atoms with Crippen LogP contribution in [0.15, 0.2) is 42.6 Å². The number of nitrogens with one attached hydrogen (secondary N) is 1. The molecule has 3 aromatic rings. The summed E-state index contributed by atoms with van der Waals surface area (Å²) in [4.78, 5) is 6.09. The second-order valence-electron chi connectivity index (χ2n) is 8.94. The second kappa shape index (κ2) is 8.93. The van der Waals surface area contributed by atoms with Gasteiger partial charge < -0.3 is 19.6 Å². The highest BCUT2D eigenvalue weighted by Gasteiger charge is 2.31. The van der Waals surface area contributed by atoms with Gasteiger partial charge in [0, 0.05) is 49.4 Å². The molecule has 3 heterocycles. The van der Waals surface area contributed by atoms with Crippen LogP contribution in [0.25, 0.3) is 10.9 Å². The number of methoxy groups -OCH3 is 1. The maximum absolute atomic E-state index is 10.3. The number of para-hydroxylation sites is 1. The molecule has 31 heavy (non-hydrogen) atoms. The normalized spacial score (nSPS) is 20.1. The van der Waals surface area contributed by atoms with Gasteiger partial charge in [0.15, 0.2) is 11.5 Å². The summed E-state index contributed by atoms with van der Waals surface area (Å²) in [5, 5.41) is 11.6. The number of aryl methyl sites for hydroxylation is 1. The molecule has 5 rings (SSSR count). The van der Waals surface area contributed by atoms with Crippen molar-refractivity contribution in [2.45, 2.75) is 38.1 Å². The Morgan fingerprint density at radius 2 is 2.03 bits per heavy atom. The van der Waals surface area contributed by atoms with Crippen LogP contribution in [0.5, 0.6) is 11.5 Å². The number of fused-ring (bicyclic) bond motifs is 2. The van der Waals surface area contributed by atoms with Crippen LogP contribution in [0.2, 0.25) is 0 Å². The molecule has 5 nitrogen and oxygen atoms in total. The Hall–Kier alpha value is -2.50. The lowest BCUT2D eigenvalue weighted by Gasteiger charge is -2.40. The van der Waals surface area contributed by atoms with E-state index in [-0.39, 0.29) is 5.75 Å². The number of nitrogens with zero attached hydrogens (tertiary/aromatic N) is 1. The van der Waals surface area contributed by atoms with Crippen molar-refractivity contribution in [1.82, 2.24) is 9.88 Å². The van der Waals surface area contributed by atoms with Crippen LogP contribution in [0.1, 0.15) is 42.0 Å². The third kappa shape index (κ3) is 4.17. The number of phenols is 1. The molecule has 0 bridgehead atoms. The van der Waals surface area contributed by atoms with Crippen LogP contribution >= 0.6 is 0 Å². The minimum absolute atomic E-state index is 0.245. The predicted octanol–water partition coefficient (Wildman–Crippen LogP) is 4.84. The molecule has 1 saturated heterocycles. The minimum Gasteiger partial charge on any atom is -0.504 e. The van der Waals surface area contributed by atoms with Gasteiger partial charge in [-0.05, 0) is 72.9 Å². The molecule has 2 aliphatic heterocycles. The van der Waals surface area contributed by atoms with Crippen LogP contribution in [0.4, 0.5) is 0 Å². The van der Waals surface area contributed by atoms with Gasteiger partial charge in [-0.3, -0.25) is 4.90 Å². The van der Waals surface area contributed by atoms with Gasteiger partial charge in [0.05, 0.1) is 7.11 Å². The van der Waals surface area contributed by atoms with Gasteiger partial charge in [-0.2, -0.15) is 0 Å². The highest BCUT2D eigenvalue weighted by Crippen LogP contribution is 2.40. The van der Waals surface area contributed by atoms with Crippen molar-refractivity contribution in [1.29, 1.82) is 0 Å². The van der Waals surface area contributed by atoms with Gasteiger partial charge in [-0.15, -0.1) is 0 Å². The van der Waals surface area contributed by atoms with Gasteiger partial charge in [0.1, 0.15) is 0 Å². The van der Waals surface area contributed by atoms with Gasteiger partial charge in [0.2, 0.25) is 0 Å². The average molecular weight is 421 g/mol. The topological polar surface area (TPSA) is 57.7 Å². The molecule has 1 fully saturated rings. The van der Waals surface area contributed by atoms with Gasteiger partial charge in [-0.1, -0.05) is 18.2 Å². The molecule has 0 amide bonds. The summed E-state index contributed by atoms with van der Waals surface area (Å²) in [6.07, 6.45) is 7.50. The molecule has 0 aliphatic carbocycles. The van der Waals surface area contributed by atoms with Crippen molar-refractivity contribution < 1.29 is 14.6 Å². The van der Waals surface area contributed by atoms with E-state index >= 15 is 0 Å². The number of aromatic hydroxyl groups is 1. The summed E-state index contributed by atoms with van der Waals surface area (Å²) in [5.41, 5.74) is 5.14. The third-order valence-electron chi connectivity index (χ3n) is 7.10. The number of benzene rings is 2. The Labute approximate surface area is 184 Å². The number of ether oxygens (including phenoxy) is 2. The molecule has 0 radical (unpaired) electrons. The van der Waals surface area contributed by atoms with Crippen LogP contribution in [0.3, 0.4) is 0 Å². The molecule has 0 spiro atoms. The molecule has 2 N–H and O–H groups in total. The first-order valence-electron chi connectivity index (χ1n) is 11.5. The molecule has 1 aromatic heterocycles. The standard InChI is InChI=1S/C26H32N2O3/c1-30-26-15-22-19(14-25(26)29)8-11-28(17-18-9-12-31-13-10-18)24(22)7-6-20-16-27-23-5-3-2-4-21(20)23/h2-5,14-16,18,24,27,29H,6-13,17H2,1H3. The number of aromatic nitrogens is 1. The predicted molar refractivity (Wildman–Crippen MR) is 123 cm³/mol. The SMILES string of the molecule is COc1cc2c(cc1O)CCN(CC1CCOCC1)C2CCc1c[nH]c2ccccc12. The maximum Gasteiger partial charge on any atom is 0.160 e. The fourth-order valence-corrected chi connectivity index (χ4v) is 5.38. The highest BCUT2D eigenvalue weighted by atomic mass is 16.5. The number of hydrogen-bond donors (Lipinski definition) is 2. The van der Waals surface area contributed by atoms with Crippen LogP contribution in [-0.2, 0) is 17.6 Å². The Balaban J connectivity index is 1.43. The number of H-pyrrole nitrogens is 1. The first kappa shape index (κ1) is 20.4. The van der Waals surface area contributed by atoms with Crippen molar-refractivity contribution in [3.05, 3.63) is 59.3 Å². The lowest BCUT2D eigenvalue weighted by molar-refractivity contribution is 0.0423. The van der Waals surface area contributed by atoms with E-state index in [1.807, 2.05) is 6.07 Å². The molecular formula is C26H32N2O3.